The van der Waals surface area contributed by atoms with Crippen LogP contribution < -0.4 is 0 Å². The van der Waals surface area contributed by atoms with E-state index in [-0.39, 0.29) is 17.0 Å². The number of fused-ring (bicyclic) bond motifs is 1. The summed E-state index contributed by atoms with van der Waals surface area (Å²) in [5, 5.41) is 10.7. The van der Waals surface area contributed by atoms with Crippen molar-refractivity contribution in [3.05, 3.63) is 69.6 Å². The number of benzene rings is 2. The summed E-state index contributed by atoms with van der Waals surface area (Å²) in [6.07, 6.45) is 1.21. The maximum Gasteiger partial charge on any atom is 0.311 e. The molecule has 1 heterocycles. The van der Waals surface area contributed by atoms with Crippen molar-refractivity contribution < 1.29 is 19.1 Å². The number of carboxylic acids is 1. The molecule has 0 amide bonds. The van der Waals surface area contributed by atoms with Gasteiger partial charge in [-0.15, -0.1) is 0 Å². The van der Waals surface area contributed by atoms with Gasteiger partial charge >= 0.3 is 5.97 Å². The lowest BCUT2D eigenvalue weighted by atomic mass is 9.91. The van der Waals surface area contributed by atoms with E-state index < -0.39 is 23.5 Å². The lowest BCUT2D eigenvalue weighted by Gasteiger charge is -2.12. The summed E-state index contributed by atoms with van der Waals surface area (Å²) in [7, 11) is 0. The largest absolute Gasteiger partial charge is 0.481 e. The second kappa shape index (κ2) is 6.86. The molecule has 0 radical (unpaired) electrons. The molecule has 4 nitrogen and oxygen atoms in total. The molecule has 3 aromatic rings. The van der Waals surface area contributed by atoms with Crippen LogP contribution in [0.3, 0.4) is 0 Å². The summed E-state index contributed by atoms with van der Waals surface area (Å²) in [4.78, 5) is 27.1. The molecule has 0 aliphatic heterocycles. The highest BCUT2D eigenvalue weighted by Crippen LogP contribution is 2.31. The number of Topliss-reactive ketones (excluding diaryl/α,β-unsaturated/α-hetero) is 1. The number of carbonyl (C=O) groups excluding carboxylic acids is 1. The number of carboxylic acid groups (broad SMARTS) is 1. The summed E-state index contributed by atoms with van der Waals surface area (Å²) in [5.74, 6) is -3.08. The maximum atomic E-state index is 13.3. The lowest BCUT2D eigenvalue weighted by Crippen LogP contribution is -2.16. The van der Waals surface area contributed by atoms with E-state index in [1.807, 2.05) is 0 Å². The van der Waals surface area contributed by atoms with E-state index >= 15 is 0 Å². The first-order valence-electron chi connectivity index (χ1n) is 7.34. The van der Waals surface area contributed by atoms with Crippen molar-refractivity contribution in [2.45, 2.75) is 12.3 Å². The Labute approximate surface area is 152 Å². The summed E-state index contributed by atoms with van der Waals surface area (Å²) >= 11 is 11.8. The number of rotatable bonds is 5. The van der Waals surface area contributed by atoms with E-state index in [2.05, 4.69) is 4.98 Å². The Hall–Kier alpha value is -2.37. The van der Waals surface area contributed by atoms with Crippen LogP contribution in [0.15, 0.2) is 42.6 Å². The van der Waals surface area contributed by atoms with E-state index in [1.165, 1.54) is 42.6 Å². The zero-order valence-corrected chi connectivity index (χ0v) is 14.2. The van der Waals surface area contributed by atoms with Crippen molar-refractivity contribution in [3.63, 3.8) is 0 Å². The second-order valence-electron chi connectivity index (χ2n) is 5.58. The van der Waals surface area contributed by atoms with Crippen LogP contribution in [0.5, 0.6) is 0 Å². The highest BCUT2D eigenvalue weighted by atomic mass is 35.5. The van der Waals surface area contributed by atoms with Crippen molar-refractivity contribution in [2.24, 2.45) is 0 Å². The molecule has 3 rings (SSSR count). The van der Waals surface area contributed by atoms with Crippen LogP contribution in [-0.4, -0.2) is 21.8 Å². The molecule has 7 heteroatoms. The van der Waals surface area contributed by atoms with Crippen molar-refractivity contribution >= 4 is 45.9 Å². The number of aliphatic carboxylic acids is 1. The van der Waals surface area contributed by atoms with Gasteiger partial charge in [0, 0.05) is 34.1 Å². The van der Waals surface area contributed by atoms with Gasteiger partial charge in [-0.3, -0.25) is 9.59 Å². The van der Waals surface area contributed by atoms with Crippen LogP contribution in [0.25, 0.3) is 10.9 Å². The Kier molecular flexibility index (Phi) is 4.79. The van der Waals surface area contributed by atoms with Crippen molar-refractivity contribution in [1.82, 2.24) is 4.98 Å². The van der Waals surface area contributed by atoms with Crippen molar-refractivity contribution in [2.75, 3.05) is 0 Å². The number of halogens is 3. The first kappa shape index (κ1) is 17.5. The van der Waals surface area contributed by atoms with Gasteiger partial charge in [-0.25, -0.2) is 4.39 Å². The molecular weight excluding hydrogens is 368 g/mol. The molecule has 0 saturated heterocycles. The first-order valence-corrected chi connectivity index (χ1v) is 8.10. The highest BCUT2D eigenvalue weighted by Gasteiger charge is 2.27. The minimum absolute atomic E-state index is 0.169. The Bertz CT molecular complexity index is 984. The van der Waals surface area contributed by atoms with Crippen LogP contribution in [0.4, 0.5) is 4.39 Å². The fourth-order valence-electron chi connectivity index (χ4n) is 2.75. The Morgan fingerprint density at radius 2 is 1.92 bits per heavy atom. The third-order valence-electron chi connectivity index (χ3n) is 3.97. The zero-order valence-electron chi connectivity index (χ0n) is 12.7. The van der Waals surface area contributed by atoms with Crippen molar-refractivity contribution in [1.29, 1.82) is 0 Å². The number of aromatic amines is 1. The second-order valence-corrected chi connectivity index (χ2v) is 6.42. The van der Waals surface area contributed by atoms with Crippen LogP contribution >= 0.6 is 23.2 Å². The Morgan fingerprint density at radius 3 is 2.60 bits per heavy atom. The molecule has 2 N–H and O–H groups in total. The van der Waals surface area contributed by atoms with Gasteiger partial charge < -0.3 is 10.1 Å². The summed E-state index contributed by atoms with van der Waals surface area (Å²) < 4.78 is 13.3. The molecular formula is C18H12Cl2FNO3. The monoisotopic (exact) mass is 379 g/mol. The lowest BCUT2D eigenvalue weighted by molar-refractivity contribution is -0.138. The average molecular weight is 380 g/mol. The predicted octanol–water partition coefficient (Wildman–Crippen LogP) is 5.06. The zero-order chi connectivity index (χ0) is 18.1. The van der Waals surface area contributed by atoms with Crippen LogP contribution in [-0.2, 0) is 4.79 Å². The standard InChI is InChI=1S/C18H12Cl2FNO3/c19-9-1-3-12(15(20)5-9)17(23)7-13(18(24)25)14-8-22-16-6-10(21)2-4-11(14)16/h1-6,8,13,22H,7H2,(H,24,25). The molecule has 0 aliphatic rings. The molecule has 0 aliphatic carbocycles. The Morgan fingerprint density at radius 1 is 1.16 bits per heavy atom. The minimum atomic E-state index is -1.15. The van der Waals surface area contributed by atoms with E-state index in [9.17, 15) is 19.1 Å². The summed E-state index contributed by atoms with van der Waals surface area (Å²) in [6, 6.07) is 8.43. The first-order chi connectivity index (χ1) is 11.9. The molecule has 1 unspecified atom stereocenters. The van der Waals surface area contributed by atoms with Crippen LogP contribution in [0, 0.1) is 5.82 Å². The van der Waals surface area contributed by atoms with Crippen LogP contribution in [0.1, 0.15) is 28.3 Å². The number of H-pyrrole nitrogens is 1. The van der Waals surface area contributed by atoms with Gasteiger partial charge in [-0.1, -0.05) is 23.2 Å². The van der Waals surface area contributed by atoms with Crippen molar-refractivity contribution in [3.8, 4) is 0 Å². The number of hydrogen-bond donors (Lipinski definition) is 2. The number of nitrogens with one attached hydrogen (secondary N) is 1. The topological polar surface area (TPSA) is 70.2 Å². The molecule has 1 atom stereocenters. The van der Waals surface area contributed by atoms with E-state index in [4.69, 9.17) is 23.2 Å². The van der Waals surface area contributed by atoms with Gasteiger partial charge in [0.1, 0.15) is 5.82 Å². The van der Waals surface area contributed by atoms with Gasteiger partial charge in [0.15, 0.2) is 5.78 Å². The van der Waals surface area contributed by atoms with E-state index in [0.717, 1.165) is 0 Å². The maximum absolute atomic E-state index is 13.3. The molecule has 0 spiro atoms. The van der Waals surface area contributed by atoms with E-state index in [0.29, 0.717) is 21.5 Å². The summed E-state index contributed by atoms with van der Waals surface area (Å²) in [6.45, 7) is 0. The third kappa shape index (κ3) is 3.52. The molecule has 2 aromatic carbocycles. The summed E-state index contributed by atoms with van der Waals surface area (Å²) in [5.41, 5.74) is 1.10. The van der Waals surface area contributed by atoms with Gasteiger partial charge in [0.05, 0.1) is 10.9 Å². The molecule has 0 bridgehead atoms. The quantitative estimate of drug-likeness (QED) is 0.609. The fraction of sp³-hybridized carbons (Fsp3) is 0.111. The number of hydrogen-bond acceptors (Lipinski definition) is 2. The molecule has 0 saturated carbocycles. The predicted molar refractivity (Wildman–Crippen MR) is 94.0 cm³/mol. The smallest absolute Gasteiger partial charge is 0.311 e. The normalized spacial score (nSPS) is 12.3. The van der Waals surface area contributed by atoms with Gasteiger partial charge in [0.2, 0.25) is 0 Å². The average Bonchev–Trinajstić information content (AvgIpc) is 2.94. The fourth-order valence-corrected chi connectivity index (χ4v) is 3.26. The number of carbonyl (C=O) groups is 2. The molecule has 128 valence electrons. The highest BCUT2D eigenvalue weighted by molar-refractivity contribution is 6.36. The molecule has 1 aromatic heterocycles. The number of ketones is 1. The number of aromatic nitrogens is 1. The van der Waals surface area contributed by atoms with Gasteiger partial charge in [-0.05, 0) is 42.0 Å². The minimum Gasteiger partial charge on any atom is -0.481 e. The SMILES string of the molecule is O=C(CC(C(=O)O)c1c[nH]c2cc(F)ccc12)c1ccc(Cl)cc1Cl. The van der Waals surface area contributed by atoms with Gasteiger partial charge in [0.25, 0.3) is 0 Å². The van der Waals surface area contributed by atoms with E-state index in [1.54, 1.807) is 0 Å². The molecule has 25 heavy (non-hydrogen) atoms. The third-order valence-corrected chi connectivity index (χ3v) is 4.52. The van der Waals surface area contributed by atoms with Gasteiger partial charge in [-0.2, -0.15) is 0 Å². The Balaban J connectivity index is 1.96. The molecule has 0 fully saturated rings. The van der Waals surface area contributed by atoms with Crippen LogP contribution in [0.2, 0.25) is 10.0 Å².